The zero-order valence-electron chi connectivity index (χ0n) is 9.09. The second-order valence-corrected chi connectivity index (χ2v) is 4.65. The van der Waals surface area contributed by atoms with E-state index < -0.39 is 0 Å². The third-order valence-corrected chi connectivity index (χ3v) is 3.38. The number of nitrogens with one attached hydrogen (secondary N) is 1. The van der Waals surface area contributed by atoms with Crippen LogP contribution in [-0.4, -0.2) is 5.54 Å². The van der Waals surface area contributed by atoms with Crippen LogP contribution in [0.1, 0.15) is 32.3 Å². The molecule has 0 atom stereocenters. The van der Waals surface area contributed by atoms with Gasteiger partial charge in [0.25, 0.3) is 0 Å². The molecule has 1 heteroatoms. The Hall–Kier alpha value is -0.820. The Morgan fingerprint density at radius 2 is 1.86 bits per heavy atom. The van der Waals surface area contributed by atoms with Gasteiger partial charge in [0.2, 0.25) is 0 Å². The van der Waals surface area contributed by atoms with Gasteiger partial charge in [-0.05, 0) is 24.3 Å². The highest BCUT2D eigenvalue weighted by molar-refractivity contribution is 5.16. The van der Waals surface area contributed by atoms with Crippen molar-refractivity contribution in [2.45, 2.75) is 38.8 Å². The molecule has 0 unspecified atom stereocenters. The van der Waals surface area contributed by atoms with Crippen LogP contribution in [0.5, 0.6) is 0 Å². The summed E-state index contributed by atoms with van der Waals surface area (Å²) in [6.45, 7) is 5.63. The van der Waals surface area contributed by atoms with E-state index in [1.165, 1.54) is 18.4 Å². The first kappa shape index (κ1) is 9.72. The predicted octanol–water partition coefficient (Wildman–Crippen LogP) is 2.96. The smallest absolute Gasteiger partial charge is 0.0210 e. The molecule has 2 rings (SSSR count). The van der Waals surface area contributed by atoms with Crippen LogP contribution in [0.15, 0.2) is 30.3 Å². The first-order chi connectivity index (χ1) is 6.73. The second-order valence-electron chi connectivity index (χ2n) is 4.65. The molecular formula is C13H19N. The Bertz CT molecular complexity index is 285. The fourth-order valence-electron chi connectivity index (χ4n) is 1.97. The zero-order valence-corrected chi connectivity index (χ0v) is 9.09. The van der Waals surface area contributed by atoms with Crippen molar-refractivity contribution in [2.24, 2.45) is 5.92 Å². The van der Waals surface area contributed by atoms with Crippen LogP contribution in [-0.2, 0) is 6.54 Å². The fraction of sp³-hybridized carbons (Fsp3) is 0.538. The number of hydrogen-bond donors (Lipinski definition) is 1. The molecule has 0 aromatic heterocycles. The van der Waals surface area contributed by atoms with Crippen molar-refractivity contribution in [3.8, 4) is 0 Å². The average molecular weight is 189 g/mol. The van der Waals surface area contributed by atoms with Crippen molar-refractivity contribution >= 4 is 0 Å². The summed E-state index contributed by atoms with van der Waals surface area (Å²) >= 11 is 0. The summed E-state index contributed by atoms with van der Waals surface area (Å²) in [6, 6.07) is 10.6. The van der Waals surface area contributed by atoms with Gasteiger partial charge in [0.15, 0.2) is 0 Å². The SMILES string of the molecule is CC(C)C1(NCc2ccccc2)CC1. The van der Waals surface area contributed by atoms with E-state index in [1.54, 1.807) is 0 Å². The van der Waals surface area contributed by atoms with E-state index in [0.717, 1.165) is 12.5 Å². The molecule has 14 heavy (non-hydrogen) atoms. The molecule has 76 valence electrons. The Labute approximate surface area is 86.5 Å². The minimum absolute atomic E-state index is 0.454. The third-order valence-electron chi connectivity index (χ3n) is 3.38. The summed E-state index contributed by atoms with van der Waals surface area (Å²) < 4.78 is 0. The lowest BCUT2D eigenvalue weighted by Gasteiger charge is -2.21. The molecule has 1 aromatic carbocycles. The molecule has 1 aliphatic rings. The first-order valence-electron chi connectivity index (χ1n) is 5.52. The van der Waals surface area contributed by atoms with Crippen molar-refractivity contribution in [1.82, 2.24) is 5.32 Å². The van der Waals surface area contributed by atoms with Gasteiger partial charge in [-0.2, -0.15) is 0 Å². The fourth-order valence-corrected chi connectivity index (χ4v) is 1.97. The van der Waals surface area contributed by atoms with Gasteiger partial charge in [0.05, 0.1) is 0 Å². The quantitative estimate of drug-likeness (QED) is 0.768. The highest BCUT2D eigenvalue weighted by Crippen LogP contribution is 2.42. The molecule has 1 saturated carbocycles. The molecule has 0 spiro atoms. The molecule has 1 aliphatic carbocycles. The van der Waals surface area contributed by atoms with Gasteiger partial charge >= 0.3 is 0 Å². The van der Waals surface area contributed by atoms with E-state index in [2.05, 4.69) is 49.5 Å². The van der Waals surface area contributed by atoms with Crippen molar-refractivity contribution in [1.29, 1.82) is 0 Å². The molecule has 1 aromatic rings. The maximum absolute atomic E-state index is 3.69. The van der Waals surface area contributed by atoms with Gasteiger partial charge in [-0.25, -0.2) is 0 Å². The van der Waals surface area contributed by atoms with Crippen molar-refractivity contribution < 1.29 is 0 Å². The highest BCUT2D eigenvalue weighted by atomic mass is 15.0. The Morgan fingerprint density at radius 3 is 2.36 bits per heavy atom. The maximum atomic E-state index is 3.69. The monoisotopic (exact) mass is 189 g/mol. The molecule has 0 amide bonds. The molecule has 1 fully saturated rings. The lowest BCUT2D eigenvalue weighted by Crippen LogP contribution is -2.35. The maximum Gasteiger partial charge on any atom is 0.0210 e. The van der Waals surface area contributed by atoms with Gasteiger partial charge in [-0.15, -0.1) is 0 Å². The number of benzene rings is 1. The van der Waals surface area contributed by atoms with E-state index in [9.17, 15) is 0 Å². The Kier molecular flexibility index (Phi) is 2.60. The van der Waals surface area contributed by atoms with E-state index in [4.69, 9.17) is 0 Å². The molecule has 0 saturated heterocycles. The van der Waals surface area contributed by atoms with E-state index in [-0.39, 0.29) is 0 Å². The Morgan fingerprint density at radius 1 is 1.21 bits per heavy atom. The van der Waals surface area contributed by atoms with Crippen LogP contribution in [0, 0.1) is 5.92 Å². The summed E-state index contributed by atoms with van der Waals surface area (Å²) in [5, 5.41) is 3.69. The van der Waals surface area contributed by atoms with Gasteiger partial charge in [-0.3, -0.25) is 0 Å². The van der Waals surface area contributed by atoms with Crippen LogP contribution in [0.3, 0.4) is 0 Å². The third kappa shape index (κ3) is 1.98. The highest BCUT2D eigenvalue weighted by Gasteiger charge is 2.44. The Balaban J connectivity index is 1.89. The first-order valence-corrected chi connectivity index (χ1v) is 5.52. The van der Waals surface area contributed by atoms with Gasteiger partial charge in [-0.1, -0.05) is 44.2 Å². The lowest BCUT2D eigenvalue weighted by molar-refractivity contribution is 0.377. The number of rotatable bonds is 4. The minimum Gasteiger partial charge on any atom is -0.307 e. The summed E-state index contributed by atoms with van der Waals surface area (Å²) in [5.41, 5.74) is 1.84. The summed E-state index contributed by atoms with van der Waals surface area (Å²) in [5.74, 6) is 0.756. The van der Waals surface area contributed by atoms with Crippen LogP contribution in [0.2, 0.25) is 0 Å². The standard InChI is InChI=1S/C13H19N/c1-11(2)13(8-9-13)14-10-12-6-4-3-5-7-12/h3-7,11,14H,8-10H2,1-2H3. The molecule has 0 heterocycles. The van der Waals surface area contributed by atoms with E-state index >= 15 is 0 Å². The molecule has 1 nitrogen and oxygen atoms in total. The molecular weight excluding hydrogens is 170 g/mol. The normalized spacial score (nSPS) is 18.5. The summed E-state index contributed by atoms with van der Waals surface area (Å²) in [4.78, 5) is 0. The molecule has 0 radical (unpaired) electrons. The van der Waals surface area contributed by atoms with Crippen LogP contribution >= 0.6 is 0 Å². The van der Waals surface area contributed by atoms with Crippen molar-refractivity contribution in [2.75, 3.05) is 0 Å². The predicted molar refractivity (Wildman–Crippen MR) is 60.1 cm³/mol. The molecule has 1 N–H and O–H groups in total. The van der Waals surface area contributed by atoms with Crippen LogP contribution in [0.4, 0.5) is 0 Å². The van der Waals surface area contributed by atoms with Crippen molar-refractivity contribution in [3.63, 3.8) is 0 Å². The van der Waals surface area contributed by atoms with E-state index in [1.807, 2.05) is 0 Å². The molecule has 0 bridgehead atoms. The van der Waals surface area contributed by atoms with Gasteiger partial charge in [0.1, 0.15) is 0 Å². The number of hydrogen-bond acceptors (Lipinski definition) is 1. The van der Waals surface area contributed by atoms with E-state index in [0.29, 0.717) is 5.54 Å². The van der Waals surface area contributed by atoms with Gasteiger partial charge in [0, 0.05) is 12.1 Å². The largest absolute Gasteiger partial charge is 0.307 e. The average Bonchev–Trinajstić information content (AvgIpc) is 2.97. The second kappa shape index (κ2) is 3.74. The minimum atomic E-state index is 0.454. The summed E-state index contributed by atoms with van der Waals surface area (Å²) in [7, 11) is 0. The topological polar surface area (TPSA) is 12.0 Å². The van der Waals surface area contributed by atoms with Crippen molar-refractivity contribution in [3.05, 3.63) is 35.9 Å². The lowest BCUT2D eigenvalue weighted by atomic mass is 10.0. The van der Waals surface area contributed by atoms with Crippen LogP contribution < -0.4 is 5.32 Å². The zero-order chi connectivity index (χ0) is 10.0. The summed E-state index contributed by atoms with van der Waals surface area (Å²) in [6.07, 6.45) is 2.69. The molecule has 0 aliphatic heterocycles. The van der Waals surface area contributed by atoms with Crippen LogP contribution in [0.25, 0.3) is 0 Å². The van der Waals surface area contributed by atoms with Gasteiger partial charge < -0.3 is 5.32 Å².